The summed E-state index contributed by atoms with van der Waals surface area (Å²) < 4.78 is 6.38. The number of carbonyl (C=O) groups excluding carboxylic acids is 1. The summed E-state index contributed by atoms with van der Waals surface area (Å²) in [6.07, 6.45) is 1.03. The minimum absolute atomic E-state index is 0. The predicted molar refractivity (Wildman–Crippen MR) is 664 cm³/mol. The zero-order valence-corrected chi connectivity index (χ0v) is 99.8. The summed E-state index contributed by atoms with van der Waals surface area (Å²) in [5.41, 5.74) is 19.7. The topological polar surface area (TPSA) is 107 Å². The van der Waals surface area contributed by atoms with E-state index < -0.39 is 5.60 Å². The largest absolute Gasteiger partial charge is 0.441 e. The van der Waals surface area contributed by atoms with Crippen LogP contribution in [0.3, 0.4) is 0 Å². The van der Waals surface area contributed by atoms with Gasteiger partial charge in [-0.15, -0.1) is 0 Å². The van der Waals surface area contributed by atoms with Crippen molar-refractivity contribution >= 4 is 16.7 Å². The van der Waals surface area contributed by atoms with Crippen LogP contribution in [0.25, 0.3) is 10.8 Å². The molecule has 0 saturated heterocycles. The summed E-state index contributed by atoms with van der Waals surface area (Å²) in [6.45, 7) is 88.3. The van der Waals surface area contributed by atoms with Gasteiger partial charge in [-0.05, 0) is 128 Å². The molecule has 0 unspecified atom stereocenters. The predicted octanol–water partition coefficient (Wildman–Crippen LogP) is 42.3. The normalized spacial score (nSPS) is 9.37. The molecule has 1 heterocycles. The van der Waals surface area contributed by atoms with Crippen LogP contribution in [0.1, 0.15) is 410 Å². The number of cyclic esters (lactones) is 1. The summed E-state index contributed by atoms with van der Waals surface area (Å²) >= 11 is 0. The minimum Gasteiger partial charge on any atom is -0.441 e. The van der Waals surface area contributed by atoms with Gasteiger partial charge in [0.05, 0.1) is 5.56 Å². The van der Waals surface area contributed by atoms with Gasteiger partial charge in [-0.2, -0.15) is 0 Å². The van der Waals surface area contributed by atoms with Crippen molar-refractivity contribution in [2.24, 2.45) is 0 Å². The summed E-state index contributed by atoms with van der Waals surface area (Å²) in [6, 6.07) is 133. The Morgan fingerprint density at radius 1 is 0.234 bits per heavy atom. The quantitative estimate of drug-likeness (QED) is 0.0677. The maximum Gasteiger partial charge on any atom is 0.340 e. The van der Waals surface area contributed by atoms with Gasteiger partial charge in [0.1, 0.15) is 0 Å². The van der Waals surface area contributed by atoms with E-state index in [0.717, 1.165) is 62.7 Å². The Bertz CT molecular complexity index is 4450. The van der Waals surface area contributed by atoms with Crippen molar-refractivity contribution in [1.29, 1.82) is 0 Å². The number of benzene rings is 14. The van der Waals surface area contributed by atoms with Crippen molar-refractivity contribution in [1.82, 2.24) is 0 Å². The summed E-state index contributed by atoms with van der Waals surface area (Å²) in [5.74, 6) is 0.517. The van der Waals surface area contributed by atoms with E-state index in [9.17, 15) is 4.79 Å². The molecule has 4 N–H and O–H groups in total. The third-order valence-corrected chi connectivity index (χ3v) is 20.2. The van der Waals surface area contributed by atoms with Crippen LogP contribution in [-0.4, -0.2) is 54.8 Å². The van der Waals surface area contributed by atoms with Gasteiger partial charge in [-0.1, -0.05) is 668 Å². The Morgan fingerprint density at radius 3 is 0.621 bits per heavy atom. The standard InChI is InChI=1S/C28H30O2.C20H18.2C15H16.C13H12.C10H8.16C2H6.4CH4O.2CH4/c1-17(2)21-13-11-19(5)25(15-21)28(24-10-8-7-9-23(24)27(29)30-28)26-16-22(18(3)4)14-12-20(26)6;1-20(17-11-5-2-6-12-17,18-13-7-3-8-14-18)19-15-9-4-10-16-19;2*1-15(2,13-9-5-3-6-10-13)14-11-7-4-8-12-14;1-3-7-12(8-4-1)11-13-9-5-2-6-10-13;1-2-6-10-8-4-3-7-9(10)5-1;20*1-2;;/h7-18H,1-6H3;2-16H,1H3;2*3-12H,1-2H3;1-10H,11H2;1-8H;16*1-2H3;4*2H,1H3;2*1H4. The Morgan fingerprint density at radius 2 is 0.414 bits per heavy atom. The van der Waals surface area contributed by atoms with Crippen molar-refractivity contribution in [3.8, 4) is 0 Å². The second-order valence-corrected chi connectivity index (χ2v) is 28.5. The molecule has 0 amide bonds. The highest BCUT2D eigenvalue weighted by Gasteiger charge is 2.50. The molecule has 0 saturated carbocycles. The molecule has 145 heavy (non-hydrogen) atoms. The first-order valence-electron chi connectivity index (χ1n) is 54.1. The molecule has 1 aliphatic rings. The number of aryl methyl sites for hydroxylation is 2. The van der Waals surface area contributed by atoms with Crippen molar-refractivity contribution in [2.75, 3.05) is 28.4 Å². The Balaban J connectivity index is -0.000000124. The van der Waals surface area contributed by atoms with Gasteiger partial charge in [-0.3, -0.25) is 0 Å². The van der Waals surface area contributed by atoms with Gasteiger partial charge in [0.15, 0.2) is 5.60 Å². The molecule has 0 spiro atoms. The second kappa shape index (κ2) is 111. The van der Waals surface area contributed by atoms with Crippen LogP contribution in [0.15, 0.2) is 382 Å². The smallest absolute Gasteiger partial charge is 0.340 e. The van der Waals surface area contributed by atoms with Crippen molar-refractivity contribution in [2.45, 2.75) is 353 Å². The molecule has 812 valence electrons. The second-order valence-electron chi connectivity index (χ2n) is 28.5. The fraction of sp³-hybridized carbons (Fsp3) is 0.403. The van der Waals surface area contributed by atoms with Gasteiger partial charge in [0, 0.05) is 61.4 Å². The van der Waals surface area contributed by atoms with Crippen LogP contribution in [0.2, 0.25) is 0 Å². The Kier molecular flexibility index (Phi) is 124. The number of carbonyl (C=O) groups is 1. The zero-order valence-electron chi connectivity index (χ0n) is 99.8. The lowest BCUT2D eigenvalue weighted by Crippen LogP contribution is -2.32. The maximum absolute atomic E-state index is 13.1. The highest BCUT2D eigenvalue weighted by atomic mass is 16.6. The average Bonchev–Trinajstić information content (AvgIpc) is 1.57. The molecular formula is C139H220O6. The molecule has 0 bridgehead atoms. The molecule has 0 radical (unpaired) electrons. The number of ether oxygens (including phenoxy) is 1. The van der Waals surface area contributed by atoms with Crippen LogP contribution in [0.4, 0.5) is 0 Å². The lowest BCUT2D eigenvalue weighted by molar-refractivity contribution is 0.0247. The third-order valence-electron chi connectivity index (χ3n) is 20.2. The maximum atomic E-state index is 13.1. The first-order chi connectivity index (χ1) is 69.9. The number of hydrogen-bond acceptors (Lipinski definition) is 6. The SMILES string of the molecule is C.C.CC.CC.CC.CC.CC.CC.CC.CC.CC.CC.CC.CC.CC.CC.CC.CC.CC(C)(c1ccccc1)c1ccccc1.CC(C)(c1ccccc1)c1ccccc1.CC(c1ccccc1)(c1ccccc1)c1ccccc1.CO.CO.CO.CO.Cc1ccc(C(C)C)cc1C1(c2cc(C(C)C)ccc2C)OC(=O)c2ccccc21.c1ccc(Cc2ccccc2)cc1.c1ccc2ccccc2c1. The molecule has 6 nitrogen and oxygen atoms in total. The van der Waals surface area contributed by atoms with E-state index in [1.54, 1.807) is 0 Å². The molecule has 6 heteroatoms. The molecule has 15 rings (SSSR count). The van der Waals surface area contributed by atoms with Crippen LogP contribution in [-0.2, 0) is 33.0 Å². The zero-order chi connectivity index (χ0) is 113. The van der Waals surface area contributed by atoms with E-state index in [4.69, 9.17) is 25.2 Å². The van der Waals surface area contributed by atoms with Crippen LogP contribution < -0.4 is 0 Å². The summed E-state index contributed by atoms with van der Waals surface area (Å²) in [5, 5.41) is 30.6. The molecule has 14 aromatic rings. The number of aliphatic hydroxyl groups excluding tert-OH is 4. The van der Waals surface area contributed by atoms with E-state index >= 15 is 0 Å². The summed E-state index contributed by atoms with van der Waals surface area (Å²) in [4.78, 5) is 13.1. The lowest BCUT2D eigenvalue weighted by Gasteiger charge is -2.34. The summed E-state index contributed by atoms with van der Waals surface area (Å²) in [7, 11) is 4.00. The highest BCUT2D eigenvalue weighted by Crippen LogP contribution is 2.50. The third kappa shape index (κ3) is 58.6. The molecule has 0 aromatic heterocycles. The molecule has 0 atom stereocenters. The van der Waals surface area contributed by atoms with Crippen LogP contribution >= 0.6 is 0 Å². The van der Waals surface area contributed by atoms with Crippen molar-refractivity contribution < 1.29 is 30.0 Å². The minimum atomic E-state index is -0.933. The lowest BCUT2D eigenvalue weighted by atomic mass is 9.71. The molecule has 14 aromatic carbocycles. The molecule has 0 aliphatic carbocycles. The van der Waals surface area contributed by atoms with Gasteiger partial charge < -0.3 is 25.2 Å². The fourth-order valence-corrected chi connectivity index (χ4v) is 13.6. The van der Waals surface area contributed by atoms with Gasteiger partial charge >= 0.3 is 5.97 Å². The highest BCUT2D eigenvalue weighted by molar-refractivity contribution is 5.96. The van der Waals surface area contributed by atoms with E-state index in [0.29, 0.717) is 17.4 Å². The van der Waals surface area contributed by atoms with E-state index in [-0.39, 0.29) is 37.1 Å². The average molecular weight is 1990 g/mol. The molecular weight excluding hydrogens is 1770 g/mol. The molecule has 0 fully saturated rings. The van der Waals surface area contributed by atoms with Crippen molar-refractivity contribution in [3.05, 3.63) is 477 Å². The number of fused-ring (bicyclic) bond motifs is 2. The van der Waals surface area contributed by atoms with Crippen molar-refractivity contribution in [3.63, 3.8) is 0 Å². The van der Waals surface area contributed by atoms with E-state index in [1.165, 1.54) is 72.0 Å². The number of aliphatic hydroxyl groups is 4. The van der Waals surface area contributed by atoms with Gasteiger partial charge in [0.2, 0.25) is 0 Å². The monoisotopic (exact) mass is 1990 g/mol. The van der Waals surface area contributed by atoms with Gasteiger partial charge in [-0.25, -0.2) is 4.79 Å². The van der Waals surface area contributed by atoms with E-state index in [1.807, 2.05) is 246 Å². The van der Waals surface area contributed by atoms with Crippen LogP contribution in [0, 0.1) is 13.8 Å². The van der Waals surface area contributed by atoms with E-state index in [2.05, 4.69) is 434 Å². The number of hydrogen-bond donors (Lipinski definition) is 4. The Hall–Kier alpha value is -11.4. The van der Waals surface area contributed by atoms with Crippen LogP contribution in [0.5, 0.6) is 0 Å². The number of rotatable bonds is 13. The number of esters is 1. The fourth-order valence-electron chi connectivity index (χ4n) is 13.6. The molecule has 1 aliphatic heterocycles. The first-order valence-corrected chi connectivity index (χ1v) is 54.1. The first kappa shape index (κ1) is 162. The van der Waals surface area contributed by atoms with Gasteiger partial charge in [0.25, 0.3) is 0 Å². The Labute approximate surface area is 898 Å².